The lowest BCUT2D eigenvalue weighted by atomic mass is 9.89. The Hall–Kier alpha value is -3.32. The molecule has 2 fully saturated rings. The Morgan fingerprint density at radius 1 is 1.08 bits per heavy atom. The van der Waals surface area contributed by atoms with Gasteiger partial charge in [0.05, 0.1) is 18.4 Å². The van der Waals surface area contributed by atoms with Gasteiger partial charge < -0.3 is 19.5 Å². The van der Waals surface area contributed by atoms with Gasteiger partial charge in [0.25, 0.3) is 11.5 Å². The van der Waals surface area contributed by atoms with Crippen molar-refractivity contribution in [2.24, 2.45) is 0 Å². The van der Waals surface area contributed by atoms with Crippen molar-refractivity contribution in [3.05, 3.63) is 86.5 Å². The molecule has 1 aromatic heterocycles. The summed E-state index contributed by atoms with van der Waals surface area (Å²) >= 11 is 6.61. The van der Waals surface area contributed by atoms with Crippen molar-refractivity contribution in [3.63, 3.8) is 0 Å². The second-order valence-electron chi connectivity index (χ2n) is 9.60. The normalized spacial score (nSPS) is 16.2. The van der Waals surface area contributed by atoms with Crippen LogP contribution < -0.4 is 15.6 Å². The van der Waals surface area contributed by atoms with Gasteiger partial charge in [0, 0.05) is 31.0 Å². The van der Waals surface area contributed by atoms with Crippen LogP contribution in [0.5, 0.6) is 5.75 Å². The van der Waals surface area contributed by atoms with Crippen molar-refractivity contribution in [1.29, 1.82) is 0 Å². The molecule has 0 unspecified atom stereocenters. The number of methoxy groups -OCH3 is 1. The van der Waals surface area contributed by atoms with Gasteiger partial charge in [0.1, 0.15) is 16.6 Å². The summed E-state index contributed by atoms with van der Waals surface area (Å²) in [5, 5.41) is 3.28. The minimum absolute atomic E-state index is 0.0177. The highest BCUT2D eigenvalue weighted by molar-refractivity contribution is 6.34. The molecular formula is C28H29ClFN3O3. The Morgan fingerprint density at radius 3 is 2.39 bits per heavy atom. The number of halogens is 2. The summed E-state index contributed by atoms with van der Waals surface area (Å²) in [6.07, 6.45) is 5.04. The zero-order valence-electron chi connectivity index (χ0n) is 20.4. The zero-order chi connectivity index (χ0) is 25.4. The Labute approximate surface area is 214 Å². The fraction of sp³-hybridized carbons (Fsp3) is 0.357. The third-order valence-electron chi connectivity index (χ3n) is 7.17. The van der Waals surface area contributed by atoms with Crippen LogP contribution >= 0.6 is 11.6 Å². The average molecular weight is 510 g/mol. The molecule has 1 saturated heterocycles. The molecule has 1 N–H and O–H groups in total. The molecule has 8 heteroatoms. The molecule has 0 bridgehead atoms. The standard InChI is InChI=1S/C28H29ClFN3O3/c1-17-15-22(36-2)9-10-24(17)31-26-23(16-33(21-7-8-21)28(35)25(26)29)27(34)32-13-11-19(12-14-32)18-3-5-20(30)6-4-18/h3-6,9-10,15-16,19,21,31H,7-8,11-14H2,1-2H3. The van der Waals surface area contributed by atoms with Crippen LogP contribution in [0.3, 0.4) is 0 Å². The van der Waals surface area contributed by atoms with E-state index in [2.05, 4.69) is 5.32 Å². The second kappa shape index (κ2) is 9.97. The van der Waals surface area contributed by atoms with Gasteiger partial charge in [-0.25, -0.2) is 4.39 Å². The number of amides is 1. The molecule has 0 radical (unpaired) electrons. The molecule has 2 aromatic carbocycles. The van der Waals surface area contributed by atoms with Gasteiger partial charge in [-0.15, -0.1) is 0 Å². The third-order valence-corrected chi connectivity index (χ3v) is 7.52. The highest BCUT2D eigenvalue weighted by atomic mass is 35.5. The van der Waals surface area contributed by atoms with Crippen LogP contribution in [-0.4, -0.2) is 35.6 Å². The van der Waals surface area contributed by atoms with Crippen LogP contribution in [0.25, 0.3) is 0 Å². The molecule has 1 saturated carbocycles. The Balaban J connectivity index is 1.44. The molecule has 36 heavy (non-hydrogen) atoms. The molecule has 0 spiro atoms. The highest BCUT2D eigenvalue weighted by Gasteiger charge is 2.32. The van der Waals surface area contributed by atoms with E-state index in [9.17, 15) is 14.0 Å². The van der Waals surface area contributed by atoms with E-state index in [1.807, 2.05) is 42.2 Å². The van der Waals surface area contributed by atoms with Crippen molar-refractivity contribution in [2.75, 3.05) is 25.5 Å². The lowest BCUT2D eigenvalue weighted by molar-refractivity contribution is 0.0713. The number of carbonyl (C=O) groups excluding carboxylic acids is 1. The van der Waals surface area contributed by atoms with E-state index in [4.69, 9.17) is 16.3 Å². The van der Waals surface area contributed by atoms with Crippen molar-refractivity contribution >= 4 is 28.9 Å². The van der Waals surface area contributed by atoms with Crippen LogP contribution in [0.1, 0.15) is 59.1 Å². The van der Waals surface area contributed by atoms with Gasteiger partial charge in [0.2, 0.25) is 0 Å². The number of rotatable bonds is 6. The van der Waals surface area contributed by atoms with E-state index in [-0.39, 0.29) is 34.3 Å². The monoisotopic (exact) mass is 509 g/mol. The van der Waals surface area contributed by atoms with Crippen LogP contribution in [0.15, 0.2) is 53.5 Å². The van der Waals surface area contributed by atoms with Crippen LogP contribution in [0.4, 0.5) is 15.8 Å². The fourth-order valence-corrected chi connectivity index (χ4v) is 5.11. The number of nitrogens with one attached hydrogen (secondary N) is 1. The number of anilines is 2. The van der Waals surface area contributed by atoms with Gasteiger partial charge in [-0.05, 0) is 80.0 Å². The summed E-state index contributed by atoms with van der Waals surface area (Å²) < 4.78 is 20.2. The summed E-state index contributed by atoms with van der Waals surface area (Å²) in [4.78, 5) is 28.6. The number of hydrogen-bond acceptors (Lipinski definition) is 4. The number of benzene rings is 2. The molecule has 188 valence electrons. The number of carbonyl (C=O) groups is 1. The van der Waals surface area contributed by atoms with E-state index >= 15 is 0 Å². The van der Waals surface area contributed by atoms with E-state index in [0.717, 1.165) is 42.5 Å². The van der Waals surface area contributed by atoms with E-state index < -0.39 is 0 Å². The SMILES string of the molecule is COc1ccc(Nc2c(C(=O)N3CCC(c4ccc(F)cc4)CC3)cn(C3CC3)c(=O)c2Cl)c(C)c1. The second-order valence-corrected chi connectivity index (χ2v) is 9.98. The molecular weight excluding hydrogens is 481 g/mol. The van der Waals surface area contributed by atoms with E-state index in [1.165, 1.54) is 12.1 Å². The molecule has 1 amide bonds. The molecule has 0 atom stereocenters. The van der Waals surface area contributed by atoms with E-state index in [1.54, 1.807) is 17.9 Å². The number of hydrogen-bond donors (Lipinski definition) is 1. The fourth-order valence-electron chi connectivity index (χ4n) is 4.87. The maximum Gasteiger partial charge on any atom is 0.271 e. The molecule has 2 aliphatic rings. The Bertz CT molecular complexity index is 1340. The summed E-state index contributed by atoms with van der Waals surface area (Å²) in [5.74, 6) is 0.588. The minimum Gasteiger partial charge on any atom is -0.497 e. The van der Waals surface area contributed by atoms with Crippen LogP contribution in [-0.2, 0) is 0 Å². The smallest absolute Gasteiger partial charge is 0.271 e. The number of pyridine rings is 1. The average Bonchev–Trinajstić information content (AvgIpc) is 3.73. The number of nitrogens with zero attached hydrogens (tertiary/aromatic N) is 2. The maximum atomic E-state index is 13.8. The highest BCUT2D eigenvalue weighted by Crippen LogP contribution is 2.37. The van der Waals surface area contributed by atoms with Gasteiger partial charge in [0.15, 0.2) is 0 Å². The first-order valence-corrected chi connectivity index (χ1v) is 12.6. The molecule has 2 heterocycles. The summed E-state index contributed by atoms with van der Waals surface area (Å²) in [7, 11) is 1.60. The molecule has 6 nitrogen and oxygen atoms in total. The van der Waals surface area contributed by atoms with Gasteiger partial charge in [-0.2, -0.15) is 0 Å². The van der Waals surface area contributed by atoms with Crippen LogP contribution in [0.2, 0.25) is 5.02 Å². The van der Waals surface area contributed by atoms with Crippen molar-refractivity contribution in [2.45, 2.75) is 44.6 Å². The summed E-state index contributed by atoms with van der Waals surface area (Å²) in [6, 6.07) is 12.2. The predicted molar refractivity (Wildman–Crippen MR) is 139 cm³/mol. The number of likely N-dealkylation sites (tertiary alicyclic amines) is 1. The van der Waals surface area contributed by atoms with Gasteiger partial charge >= 0.3 is 0 Å². The summed E-state index contributed by atoms with van der Waals surface area (Å²) in [5.41, 5.74) is 3.16. The lowest BCUT2D eigenvalue weighted by Gasteiger charge is -2.33. The first kappa shape index (κ1) is 24.4. The first-order chi connectivity index (χ1) is 17.4. The topological polar surface area (TPSA) is 63.6 Å². The number of aromatic nitrogens is 1. The van der Waals surface area contributed by atoms with Crippen molar-refractivity contribution in [1.82, 2.24) is 9.47 Å². The Morgan fingerprint density at radius 2 is 1.78 bits per heavy atom. The third kappa shape index (κ3) is 4.85. The van der Waals surface area contributed by atoms with Gasteiger partial charge in [-0.3, -0.25) is 9.59 Å². The lowest BCUT2D eigenvalue weighted by Crippen LogP contribution is -2.39. The van der Waals surface area contributed by atoms with Crippen molar-refractivity contribution in [3.8, 4) is 5.75 Å². The quantitative estimate of drug-likeness (QED) is 0.439. The minimum atomic E-state index is -0.292. The molecule has 5 rings (SSSR count). The van der Waals surface area contributed by atoms with E-state index in [0.29, 0.717) is 30.1 Å². The summed E-state index contributed by atoms with van der Waals surface area (Å²) in [6.45, 7) is 3.07. The van der Waals surface area contributed by atoms with Crippen LogP contribution in [0, 0.1) is 12.7 Å². The Kier molecular flexibility index (Phi) is 6.75. The van der Waals surface area contributed by atoms with Crippen molar-refractivity contribution < 1.29 is 13.9 Å². The largest absolute Gasteiger partial charge is 0.497 e. The van der Waals surface area contributed by atoms with Gasteiger partial charge in [-0.1, -0.05) is 23.7 Å². The molecule has 3 aromatic rings. The molecule has 1 aliphatic heterocycles. The maximum absolute atomic E-state index is 13.8. The molecule has 1 aliphatic carbocycles. The number of piperidine rings is 1. The zero-order valence-corrected chi connectivity index (χ0v) is 21.1. The number of aryl methyl sites for hydroxylation is 1. The first-order valence-electron chi connectivity index (χ1n) is 12.3. The predicted octanol–water partition coefficient (Wildman–Crippen LogP) is 6.06. The number of ether oxygens (including phenoxy) is 1.